The Kier molecular flexibility index (Phi) is 2.84. The molecular weight excluding hydrogens is 180 g/mol. The first kappa shape index (κ1) is 9.27. The number of nitrogens with two attached hydrogens (primary N) is 1. The quantitative estimate of drug-likeness (QED) is 0.703. The van der Waals surface area contributed by atoms with Crippen LogP contribution in [0.4, 0.5) is 0 Å². The van der Waals surface area contributed by atoms with E-state index >= 15 is 0 Å². The van der Waals surface area contributed by atoms with Crippen molar-refractivity contribution < 1.29 is 14.6 Å². The monoisotopic (exact) mass is 195 g/mol. The molecule has 0 amide bonds. The first-order valence-corrected chi connectivity index (χ1v) is 4.95. The van der Waals surface area contributed by atoms with Gasteiger partial charge in [0.1, 0.15) is 18.7 Å². The fourth-order valence-electron chi connectivity index (χ4n) is 1.54. The third-order valence-electron chi connectivity index (χ3n) is 2.31. The van der Waals surface area contributed by atoms with Crippen molar-refractivity contribution in [2.45, 2.75) is 19.9 Å². The highest BCUT2D eigenvalue weighted by Gasteiger charge is 2.22. The van der Waals surface area contributed by atoms with E-state index in [2.05, 4.69) is 10.5 Å². The Labute approximate surface area is 82.9 Å². The maximum absolute atomic E-state index is 5.47. The predicted octanol–water partition coefficient (Wildman–Crippen LogP) is 0.249. The summed E-state index contributed by atoms with van der Waals surface area (Å²) >= 11 is 0. The highest BCUT2D eigenvalue weighted by molar-refractivity contribution is 5.28. The van der Waals surface area contributed by atoms with Crippen molar-refractivity contribution in [3.8, 4) is 5.88 Å². The van der Waals surface area contributed by atoms with Gasteiger partial charge in [-0.1, -0.05) is 12.2 Å². The highest BCUT2D eigenvalue weighted by atomic mass is 16.5. The van der Waals surface area contributed by atoms with E-state index < -0.39 is 0 Å². The summed E-state index contributed by atoms with van der Waals surface area (Å²) in [5.41, 5.74) is 1.13. The van der Waals surface area contributed by atoms with Gasteiger partial charge in [0, 0.05) is 0 Å². The molecule has 1 aromatic heterocycles. The molecule has 4 nitrogen and oxygen atoms in total. The molecule has 2 N–H and O–H groups in total. The van der Waals surface area contributed by atoms with Crippen LogP contribution in [0.2, 0.25) is 0 Å². The van der Waals surface area contributed by atoms with Crippen molar-refractivity contribution in [3.63, 3.8) is 0 Å². The molecule has 0 atom stereocenters. The second-order valence-corrected chi connectivity index (χ2v) is 3.30. The molecular formula is C10H15N2O2+. The molecule has 0 saturated heterocycles. The lowest BCUT2D eigenvalue weighted by Gasteiger charge is -2.07. The Bertz CT molecular complexity index is 331. The van der Waals surface area contributed by atoms with Crippen LogP contribution in [-0.2, 0) is 13.0 Å². The van der Waals surface area contributed by atoms with E-state index in [4.69, 9.17) is 9.26 Å². The molecule has 0 saturated carbocycles. The van der Waals surface area contributed by atoms with Gasteiger partial charge < -0.3 is 14.6 Å². The van der Waals surface area contributed by atoms with Crippen LogP contribution < -0.4 is 10.1 Å². The third-order valence-corrected chi connectivity index (χ3v) is 2.31. The lowest BCUT2D eigenvalue weighted by Crippen LogP contribution is -2.84. The molecule has 0 aromatic carbocycles. The zero-order chi connectivity index (χ0) is 9.80. The molecule has 14 heavy (non-hydrogen) atoms. The Morgan fingerprint density at radius 2 is 2.57 bits per heavy atom. The number of hydrogen-bond acceptors (Lipinski definition) is 3. The second kappa shape index (κ2) is 4.28. The van der Waals surface area contributed by atoms with Crippen LogP contribution >= 0.6 is 0 Å². The van der Waals surface area contributed by atoms with Gasteiger partial charge in [-0.15, -0.1) is 0 Å². The summed E-state index contributed by atoms with van der Waals surface area (Å²) in [6, 6.07) is 0. The van der Waals surface area contributed by atoms with Gasteiger partial charge in [0.15, 0.2) is 5.76 Å². The Hall–Kier alpha value is -1.29. The van der Waals surface area contributed by atoms with Crippen LogP contribution in [-0.4, -0.2) is 18.3 Å². The SMILES string of the molecule is C/C=C/COc1noc2c1C[NH2+]CC2. The average Bonchev–Trinajstić information content (AvgIpc) is 2.63. The van der Waals surface area contributed by atoms with Gasteiger partial charge >= 0.3 is 0 Å². The summed E-state index contributed by atoms with van der Waals surface area (Å²) < 4.78 is 10.7. The molecule has 0 bridgehead atoms. The van der Waals surface area contributed by atoms with Crippen molar-refractivity contribution in [2.75, 3.05) is 13.2 Å². The van der Waals surface area contributed by atoms with E-state index in [1.165, 1.54) is 0 Å². The molecule has 1 aliphatic heterocycles. The lowest BCUT2D eigenvalue weighted by molar-refractivity contribution is -0.673. The molecule has 0 spiro atoms. The fraction of sp³-hybridized carbons (Fsp3) is 0.500. The van der Waals surface area contributed by atoms with E-state index in [9.17, 15) is 0 Å². The molecule has 2 rings (SSSR count). The predicted molar refractivity (Wildman–Crippen MR) is 51.0 cm³/mol. The van der Waals surface area contributed by atoms with Crippen molar-refractivity contribution >= 4 is 0 Å². The maximum atomic E-state index is 5.47. The normalized spacial score (nSPS) is 15.8. The second-order valence-electron chi connectivity index (χ2n) is 3.30. The van der Waals surface area contributed by atoms with Crippen LogP contribution in [0.5, 0.6) is 5.88 Å². The minimum Gasteiger partial charge on any atom is -0.471 e. The topological polar surface area (TPSA) is 51.9 Å². The van der Waals surface area contributed by atoms with E-state index in [1.807, 2.05) is 19.1 Å². The molecule has 4 heteroatoms. The van der Waals surface area contributed by atoms with Gasteiger partial charge in [-0.3, -0.25) is 0 Å². The first-order valence-electron chi connectivity index (χ1n) is 4.95. The Balaban J connectivity index is 2.06. The van der Waals surface area contributed by atoms with Crippen molar-refractivity contribution in [3.05, 3.63) is 23.5 Å². The number of aromatic nitrogens is 1. The minimum absolute atomic E-state index is 0.565. The Morgan fingerprint density at radius 1 is 1.64 bits per heavy atom. The number of nitrogens with zero attached hydrogens (tertiary/aromatic N) is 1. The van der Waals surface area contributed by atoms with Crippen LogP contribution in [0.1, 0.15) is 18.2 Å². The zero-order valence-electron chi connectivity index (χ0n) is 8.32. The molecule has 1 aliphatic rings. The van der Waals surface area contributed by atoms with Crippen LogP contribution in [0.15, 0.2) is 16.7 Å². The number of rotatable bonds is 3. The zero-order valence-corrected chi connectivity index (χ0v) is 8.32. The summed E-state index contributed by atoms with van der Waals surface area (Å²) in [4.78, 5) is 0. The van der Waals surface area contributed by atoms with E-state index in [1.54, 1.807) is 0 Å². The number of fused-ring (bicyclic) bond motifs is 1. The molecule has 0 aliphatic carbocycles. The summed E-state index contributed by atoms with van der Waals surface area (Å²) in [5, 5.41) is 6.16. The Morgan fingerprint density at radius 3 is 3.43 bits per heavy atom. The van der Waals surface area contributed by atoms with Gasteiger partial charge in [-0.25, -0.2) is 0 Å². The molecule has 0 unspecified atom stereocenters. The smallest absolute Gasteiger partial charge is 0.263 e. The molecule has 0 fully saturated rings. The number of quaternary nitrogens is 1. The van der Waals surface area contributed by atoms with E-state index in [0.717, 1.165) is 30.8 Å². The first-order chi connectivity index (χ1) is 6.92. The standard InChI is InChI=1S/C10H14N2O2/c1-2-3-6-13-10-8-7-11-5-4-9(8)14-12-10/h2-3,11H,4-7H2,1H3/p+1/b3-2+. The lowest BCUT2D eigenvalue weighted by atomic mass is 10.1. The number of allylic oxidation sites excluding steroid dienone is 1. The highest BCUT2D eigenvalue weighted by Crippen LogP contribution is 2.22. The van der Waals surface area contributed by atoms with E-state index in [0.29, 0.717) is 12.5 Å². The maximum Gasteiger partial charge on any atom is 0.263 e. The average molecular weight is 195 g/mol. The van der Waals surface area contributed by atoms with Crippen molar-refractivity contribution in [1.82, 2.24) is 5.16 Å². The molecule has 76 valence electrons. The summed E-state index contributed by atoms with van der Waals surface area (Å²) in [6.07, 6.45) is 4.86. The molecule has 0 radical (unpaired) electrons. The summed E-state index contributed by atoms with van der Waals surface area (Å²) in [5.74, 6) is 1.65. The van der Waals surface area contributed by atoms with Gasteiger partial charge in [-0.2, -0.15) is 0 Å². The number of hydrogen-bond donors (Lipinski definition) is 1. The minimum atomic E-state index is 0.565. The fourth-order valence-corrected chi connectivity index (χ4v) is 1.54. The summed E-state index contributed by atoms with van der Waals surface area (Å²) in [7, 11) is 0. The van der Waals surface area contributed by atoms with Crippen molar-refractivity contribution in [1.29, 1.82) is 0 Å². The molecule has 1 aromatic rings. The van der Waals surface area contributed by atoms with Gasteiger partial charge in [-0.05, 0) is 12.1 Å². The van der Waals surface area contributed by atoms with Crippen LogP contribution in [0.25, 0.3) is 0 Å². The third kappa shape index (κ3) is 1.80. The largest absolute Gasteiger partial charge is 0.471 e. The number of ether oxygens (including phenoxy) is 1. The van der Waals surface area contributed by atoms with Gasteiger partial charge in [0.2, 0.25) is 0 Å². The van der Waals surface area contributed by atoms with Gasteiger partial charge in [0.25, 0.3) is 5.88 Å². The van der Waals surface area contributed by atoms with E-state index in [-0.39, 0.29) is 0 Å². The summed E-state index contributed by atoms with van der Waals surface area (Å²) in [6.45, 7) is 4.53. The van der Waals surface area contributed by atoms with Crippen LogP contribution in [0, 0.1) is 0 Å². The van der Waals surface area contributed by atoms with Crippen LogP contribution in [0.3, 0.4) is 0 Å². The van der Waals surface area contributed by atoms with Gasteiger partial charge in [0.05, 0.1) is 13.0 Å². The van der Waals surface area contributed by atoms with Crippen molar-refractivity contribution in [2.24, 2.45) is 0 Å². The molecule has 2 heterocycles.